The number of aromatic nitrogens is 2. The molecule has 0 aliphatic carbocycles. The molecule has 1 aromatic carbocycles. The largest absolute Gasteiger partial charge is 0.573 e. The zero-order valence-corrected chi connectivity index (χ0v) is 13.6. The Morgan fingerprint density at radius 3 is 2.73 bits per heavy atom. The molecule has 0 spiro atoms. The zero-order valence-electron chi connectivity index (χ0n) is 13.6. The molecular weight excluding hydrogens is 357 g/mol. The van der Waals surface area contributed by atoms with Crippen LogP contribution in [0.3, 0.4) is 0 Å². The van der Waals surface area contributed by atoms with Crippen LogP contribution in [-0.2, 0) is 6.54 Å². The van der Waals surface area contributed by atoms with Crippen molar-refractivity contribution in [3.63, 3.8) is 0 Å². The Kier molecular flexibility index (Phi) is 4.62. The van der Waals surface area contributed by atoms with E-state index in [0.29, 0.717) is 25.2 Å². The lowest BCUT2D eigenvalue weighted by atomic mass is 10.2. The first-order chi connectivity index (χ1) is 12.2. The number of alkyl halides is 3. The number of hydrogen-bond acceptors (Lipinski definition) is 6. The van der Waals surface area contributed by atoms with Crippen LogP contribution in [-0.4, -0.2) is 40.5 Å². The van der Waals surface area contributed by atoms with Crippen molar-refractivity contribution in [2.45, 2.75) is 25.4 Å². The molecular formula is C15H15F3N4O4. The van der Waals surface area contributed by atoms with E-state index in [-0.39, 0.29) is 23.7 Å². The average molecular weight is 372 g/mol. The van der Waals surface area contributed by atoms with Gasteiger partial charge in [-0.25, -0.2) is 0 Å². The maximum atomic E-state index is 12.2. The van der Waals surface area contributed by atoms with E-state index in [4.69, 9.17) is 4.74 Å². The third kappa shape index (κ3) is 4.16. The van der Waals surface area contributed by atoms with Crippen molar-refractivity contribution >= 4 is 11.5 Å². The van der Waals surface area contributed by atoms with Crippen molar-refractivity contribution in [1.82, 2.24) is 9.55 Å². The standard InChI is InChI=1S/C15H15F3N4O4/c1-20(10-2-4-11(5-3-10)26-15(16,17)18)8-12-6-7-21-9-13(22(23)24)19-14(21)25-12/h2-5,9,12H,6-8H2,1H3. The normalized spacial score (nSPS) is 16.5. The van der Waals surface area contributed by atoms with Crippen molar-refractivity contribution in [3.05, 3.63) is 40.6 Å². The second kappa shape index (κ2) is 6.73. The van der Waals surface area contributed by atoms with E-state index in [1.54, 1.807) is 11.6 Å². The minimum absolute atomic E-state index is 0.190. The van der Waals surface area contributed by atoms with Gasteiger partial charge in [0.1, 0.15) is 18.1 Å². The lowest BCUT2D eigenvalue weighted by Crippen LogP contribution is -2.36. The molecule has 0 N–H and O–H groups in total. The molecule has 140 valence electrons. The number of imidazole rings is 1. The van der Waals surface area contributed by atoms with Crippen LogP contribution in [0.5, 0.6) is 11.8 Å². The van der Waals surface area contributed by atoms with Crippen LogP contribution in [0.2, 0.25) is 0 Å². The number of anilines is 1. The highest BCUT2D eigenvalue weighted by atomic mass is 19.4. The molecule has 0 bridgehead atoms. The summed E-state index contributed by atoms with van der Waals surface area (Å²) in [5.41, 5.74) is 0.683. The van der Waals surface area contributed by atoms with Gasteiger partial charge in [-0.3, -0.25) is 4.57 Å². The number of nitrogens with zero attached hydrogens (tertiary/aromatic N) is 4. The zero-order chi connectivity index (χ0) is 18.9. The van der Waals surface area contributed by atoms with Gasteiger partial charge in [-0.05, 0) is 29.2 Å². The van der Waals surface area contributed by atoms with Gasteiger partial charge < -0.3 is 24.5 Å². The molecule has 0 saturated carbocycles. The van der Waals surface area contributed by atoms with Gasteiger partial charge in [-0.15, -0.1) is 13.2 Å². The molecule has 26 heavy (non-hydrogen) atoms. The van der Waals surface area contributed by atoms with E-state index < -0.39 is 11.3 Å². The highest BCUT2D eigenvalue weighted by molar-refractivity contribution is 5.48. The Morgan fingerprint density at radius 1 is 1.42 bits per heavy atom. The summed E-state index contributed by atoms with van der Waals surface area (Å²) >= 11 is 0. The van der Waals surface area contributed by atoms with E-state index in [0.717, 1.165) is 0 Å². The van der Waals surface area contributed by atoms with Gasteiger partial charge in [0.25, 0.3) is 0 Å². The predicted octanol–water partition coefficient (Wildman–Crippen LogP) is 2.98. The van der Waals surface area contributed by atoms with Gasteiger partial charge in [-0.1, -0.05) is 0 Å². The second-order valence-corrected chi connectivity index (χ2v) is 5.78. The molecule has 0 fully saturated rings. The topological polar surface area (TPSA) is 82.7 Å². The number of aryl methyl sites for hydroxylation is 1. The van der Waals surface area contributed by atoms with Crippen LogP contribution < -0.4 is 14.4 Å². The van der Waals surface area contributed by atoms with E-state index in [1.165, 1.54) is 30.5 Å². The van der Waals surface area contributed by atoms with Crippen molar-refractivity contribution < 1.29 is 27.6 Å². The van der Waals surface area contributed by atoms with Gasteiger partial charge in [0.05, 0.1) is 6.54 Å². The van der Waals surface area contributed by atoms with Crippen LogP contribution >= 0.6 is 0 Å². The quantitative estimate of drug-likeness (QED) is 0.593. The molecule has 2 heterocycles. The first kappa shape index (κ1) is 17.8. The fourth-order valence-corrected chi connectivity index (χ4v) is 2.66. The summed E-state index contributed by atoms with van der Waals surface area (Å²) in [4.78, 5) is 15.8. The monoisotopic (exact) mass is 372 g/mol. The molecule has 3 rings (SSSR count). The molecule has 11 heteroatoms. The molecule has 8 nitrogen and oxygen atoms in total. The Balaban J connectivity index is 1.61. The van der Waals surface area contributed by atoms with Crippen LogP contribution in [0.1, 0.15) is 6.42 Å². The molecule has 2 aromatic rings. The lowest BCUT2D eigenvalue weighted by Gasteiger charge is -2.28. The number of benzene rings is 1. The Labute approximate surface area is 145 Å². The number of halogens is 3. The Bertz CT molecular complexity index is 791. The van der Waals surface area contributed by atoms with Gasteiger partial charge in [0, 0.05) is 30.7 Å². The van der Waals surface area contributed by atoms with Crippen molar-refractivity contribution in [1.29, 1.82) is 0 Å². The fraction of sp³-hybridized carbons (Fsp3) is 0.400. The molecule has 1 aromatic heterocycles. The van der Waals surface area contributed by atoms with Gasteiger partial charge in [-0.2, -0.15) is 0 Å². The second-order valence-electron chi connectivity index (χ2n) is 5.78. The van der Waals surface area contributed by atoms with E-state index in [1.807, 2.05) is 4.90 Å². The number of hydrogen-bond donors (Lipinski definition) is 0. The number of nitro groups is 1. The molecule has 0 amide bonds. The van der Waals surface area contributed by atoms with Crippen LogP contribution in [0.15, 0.2) is 30.5 Å². The Morgan fingerprint density at radius 2 is 2.12 bits per heavy atom. The summed E-state index contributed by atoms with van der Waals surface area (Å²) in [6.45, 7) is 0.979. The number of fused-ring (bicyclic) bond motifs is 1. The fourth-order valence-electron chi connectivity index (χ4n) is 2.66. The molecule has 1 atom stereocenters. The highest BCUT2D eigenvalue weighted by Gasteiger charge is 2.31. The molecule has 1 aliphatic rings. The lowest BCUT2D eigenvalue weighted by molar-refractivity contribution is -0.389. The molecule has 0 saturated heterocycles. The summed E-state index contributed by atoms with van der Waals surface area (Å²) in [7, 11) is 1.77. The summed E-state index contributed by atoms with van der Waals surface area (Å²) in [5.74, 6) is -0.563. The number of likely N-dealkylation sites (N-methyl/N-ethyl adjacent to an activating group) is 1. The van der Waals surface area contributed by atoms with Crippen LogP contribution in [0, 0.1) is 10.1 Å². The number of rotatable bonds is 5. The van der Waals surface area contributed by atoms with E-state index in [9.17, 15) is 23.3 Å². The van der Waals surface area contributed by atoms with Gasteiger partial charge >= 0.3 is 18.2 Å². The first-order valence-corrected chi connectivity index (χ1v) is 7.66. The third-order valence-corrected chi connectivity index (χ3v) is 3.87. The summed E-state index contributed by atoms with van der Waals surface area (Å²) in [5, 5.41) is 10.8. The summed E-state index contributed by atoms with van der Waals surface area (Å²) in [6.07, 6.45) is -3.02. The van der Waals surface area contributed by atoms with E-state index in [2.05, 4.69) is 9.72 Å². The maximum Gasteiger partial charge on any atom is 0.573 e. The predicted molar refractivity (Wildman–Crippen MR) is 84.3 cm³/mol. The SMILES string of the molecule is CN(CC1CCn2cc([N+](=O)[O-])nc2O1)c1ccc(OC(F)(F)F)cc1. The van der Waals surface area contributed by atoms with Crippen LogP contribution in [0.25, 0.3) is 0 Å². The summed E-state index contributed by atoms with van der Waals surface area (Å²) in [6, 6.07) is 5.68. The minimum atomic E-state index is -4.73. The van der Waals surface area contributed by atoms with Crippen molar-refractivity contribution in [3.8, 4) is 11.8 Å². The van der Waals surface area contributed by atoms with Crippen molar-refractivity contribution in [2.75, 3.05) is 18.5 Å². The average Bonchev–Trinajstić information content (AvgIpc) is 2.97. The van der Waals surface area contributed by atoms with Crippen LogP contribution in [0.4, 0.5) is 24.7 Å². The first-order valence-electron chi connectivity index (χ1n) is 7.66. The van der Waals surface area contributed by atoms with Crippen molar-refractivity contribution in [2.24, 2.45) is 0 Å². The number of ether oxygens (including phenoxy) is 2. The molecule has 0 radical (unpaired) electrons. The third-order valence-electron chi connectivity index (χ3n) is 3.87. The van der Waals surface area contributed by atoms with Gasteiger partial charge in [0.2, 0.25) is 0 Å². The molecule has 1 unspecified atom stereocenters. The van der Waals surface area contributed by atoms with Gasteiger partial charge in [0.15, 0.2) is 0 Å². The Hall–Kier alpha value is -2.98. The smallest absolute Gasteiger partial charge is 0.441 e. The minimum Gasteiger partial charge on any atom is -0.441 e. The summed E-state index contributed by atoms with van der Waals surface area (Å²) < 4.78 is 47.6. The highest BCUT2D eigenvalue weighted by Crippen LogP contribution is 2.27. The molecule has 1 aliphatic heterocycles. The maximum absolute atomic E-state index is 12.2. The van der Waals surface area contributed by atoms with E-state index >= 15 is 0 Å².